The molecule has 2 rings (SSSR count). The van der Waals surface area contributed by atoms with Crippen molar-refractivity contribution in [1.82, 2.24) is 4.90 Å². The molecule has 0 aliphatic heterocycles. The smallest absolute Gasteiger partial charge is 0.309 e. The average molecular weight is 406 g/mol. The number of ether oxygens (including phenoxy) is 2. The number of halogens is 1. The molecule has 5 heteroatoms. The summed E-state index contributed by atoms with van der Waals surface area (Å²) in [7, 11) is 1.65. The maximum Gasteiger partial charge on any atom is 0.309 e. The van der Waals surface area contributed by atoms with E-state index in [1.165, 1.54) is 0 Å². The highest BCUT2D eigenvalue weighted by Crippen LogP contribution is 2.19. The Bertz CT molecular complexity index is 672. The Hall–Kier alpha value is -2.04. The summed E-state index contributed by atoms with van der Waals surface area (Å²) in [6.07, 6.45) is 1.33. The number of carbonyl (C=O) groups excluding carboxylic acids is 1. The first-order chi connectivity index (χ1) is 13.2. The van der Waals surface area contributed by atoms with Gasteiger partial charge in [-0.25, -0.2) is 0 Å². The van der Waals surface area contributed by atoms with Crippen LogP contribution in [0.15, 0.2) is 54.6 Å². The molecule has 0 aliphatic rings. The molecule has 2 aromatic carbocycles. The molecule has 0 saturated heterocycles. The first-order valence-electron chi connectivity index (χ1n) is 9.72. The van der Waals surface area contributed by atoms with Crippen LogP contribution in [-0.4, -0.2) is 44.2 Å². The molecule has 0 amide bonds. The minimum atomic E-state index is -0.197. The topological polar surface area (TPSA) is 38.8 Å². The minimum absolute atomic E-state index is 0. The van der Waals surface area contributed by atoms with Crippen molar-refractivity contribution in [2.75, 3.05) is 33.4 Å². The monoisotopic (exact) mass is 405 g/mol. The third kappa shape index (κ3) is 7.91. The molecular formula is C23H32ClNO3. The number of carbonyl (C=O) groups is 1. The largest absolute Gasteiger partial charge is 0.497 e. The first kappa shape index (κ1) is 24.0. The average Bonchev–Trinajstić information content (AvgIpc) is 2.72. The van der Waals surface area contributed by atoms with Crippen LogP contribution in [0.1, 0.15) is 25.0 Å². The summed E-state index contributed by atoms with van der Waals surface area (Å²) in [6, 6.07) is 18.0. The maximum absolute atomic E-state index is 12.8. The Kier molecular flexibility index (Phi) is 11.3. The van der Waals surface area contributed by atoms with E-state index in [9.17, 15) is 4.79 Å². The number of esters is 1. The highest BCUT2D eigenvalue weighted by Gasteiger charge is 2.21. The van der Waals surface area contributed by atoms with E-state index >= 15 is 0 Å². The Morgan fingerprint density at radius 3 is 2.04 bits per heavy atom. The molecule has 2 aromatic rings. The summed E-state index contributed by atoms with van der Waals surface area (Å²) < 4.78 is 10.8. The lowest BCUT2D eigenvalue weighted by Gasteiger charge is -2.20. The van der Waals surface area contributed by atoms with Crippen molar-refractivity contribution in [2.45, 2.75) is 26.7 Å². The summed E-state index contributed by atoms with van der Waals surface area (Å²) in [5.41, 5.74) is 2.26. The summed E-state index contributed by atoms with van der Waals surface area (Å²) in [6.45, 7) is 7.38. The van der Waals surface area contributed by atoms with Gasteiger partial charge in [0, 0.05) is 6.54 Å². The third-order valence-electron chi connectivity index (χ3n) is 4.85. The molecular weight excluding hydrogens is 374 g/mol. The molecule has 1 unspecified atom stereocenters. The zero-order chi connectivity index (χ0) is 19.5. The normalized spacial score (nSPS) is 11.6. The number of likely N-dealkylation sites (N-methyl/N-ethyl adjacent to an activating group) is 1. The third-order valence-corrected chi connectivity index (χ3v) is 4.85. The van der Waals surface area contributed by atoms with Crippen LogP contribution < -0.4 is 4.74 Å². The lowest BCUT2D eigenvalue weighted by molar-refractivity contribution is -0.148. The molecule has 1 atom stereocenters. The molecule has 0 heterocycles. The van der Waals surface area contributed by atoms with E-state index in [0.717, 1.165) is 36.5 Å². The molecule has 0 aliphatic carbocycles. The van der Waals surface area contributed by atoms with E-state index in [2.05, 4.69) is 30.9 Å². The number of hydrogen-bond donors (Lipinski definition) is 0. The van der Waals surface area contributed by atoms with Crippen LogP contribution in [0.5, 0.6) is 5.75 Å². The molecule has 0 N–H and O–H groups in total. The van der Waals surface area contributed by atoms with Gasteiger partial charge in [-0.1, -0.05) is 56.3 Å². The summed E-state index contributed by atoms with van der Waals surface area (Å²) in [5.74, 6) is 0.500. The van der Waals surface area contributed by atoms with Crippen LogP contribution in [0.3, 0.4) is 0 Å². The highest BCUT2D eigenvalue weighted by molar-refractivity contribution is 5.85. The van der Waals surface area contributed by atoms with Gasteiger partial charge in [0.2, 0.25) is 0 Å². The number of methoxy groups -OCH3 is 1. The van der Waals surface area contributed by atoms with Gasteiger partial charge in [-0.15, -0.1) is 12.4 Å². The van der Waals surface area contributed by atoms with E-state index in [1.807, 2.05) is 42.5 Å². The van der Waals surface area contributed by atoms with Crippen LogP contribution >= 0.6 is 12.4 Å². The van der Waals surface area contributed by atoms with E-state index in [0.29, 0.717) is 19.4 Å². The second-order valence-electron chi connectivity index (χ2n) is 6.63. The van der Waals surface area contributed by atoms with Crippen LogP contribution in [0.2, 0.25) is 0 Å². The predicted molar refractivity (Wildman–Crippen MR) is 116 cm³/mol. The van der Waals surface area contributed by atoms with Crippen molar-refractivity contribution in [2.24, 2.45) is 5.92 Å². The van der Waals surface area contributed by atoms with E-state index < -0.39 is 0 Å². The zero-order valence-corrected chi connectivity index (χ0v) is 17.9. The number of nitrogens with zero attached hydrogens (tertiary/aromatic N) is 1. The van der Waals surface area contributed by atoms with Gasteiger partial charge in [-0.3, -0.25) is 4.79 Å². The molecule has 0 bridgehead atoms. The number of hydrogen-bond acceptors (Lipinski definition) is 4. The van der Waals surface area contributed by atoms with Gasteiger partial charge in [-0.2, -0.15) is 0 Å². The first-order valence-corrected chi connectivity index (χ1v) is 9.72. The zero-order valence-electron chi connectivity index (χ0n) is 17.1. The molecule has 0 fully saturated rings. The van der Waals surface area contributed by atoms with Crippen LogP contribution in [0.25, 0.3) is 0 Å². The SMILES string of the molecule is CCN(CC)CCOC(=O)C(Cc1ccccc1)Cc1ccc(OC)cc1.Cl. The molecule has 28 heavy (non-hydrogen) atoms. The fraction of sp³-hybridized carbons (Fsp3) is 0.435. The maximum atomic E-state index is 12.8. The Morgan fingerprint density at radius 1 is 0.929 bits per heavy atom. The summed E-state index contributed by atoms with van der Waals surface area (Å²) in [4.78, 5) is 15.0. The van der Waals surface area contributed by atoms with Gasteiger partial charge in [0.05, 0.1) is 13.0 Å². The number of rotatable bonds is 11. The van der Waals surface area contributed by atoms with Crippen molar-refractivity contribution in [1.29, 1.82) is 0 Å². The molecule has 0 saturated carbocycles. The van der Waals surface area contributed by atoms with Gasteiger partial charge in [-0.05, 0) is 49.2 Å². The second-order valence-corrected chi connectivity index (χ2v) is 6.63. The van der Waals surface area contributed by atoms with Gasteiger partial charge < -0.3 is 14.4 Å². The van der Waals surface area contributed by atoms with Crippen molar-refractivity contribution < 1.29 is 14.3 Å². The van der Waals surface area contributed by atoms with Crippen LogP contribution in [-0.2, 0) is 22.4 Å². The number of benzene rings is 2. The molecule has 154 valence electrons. The van der Waals surface area contributed by atoms with Crippen molar-refractivity contribution in [3.63, 3.8) is 0 Å². The molecule has 0 aromatic heterocycles. The van der Waals surface area contributed by atoms with Crippen molar-refractivity contribution in [3.8, 4) is 5.75 Å². The van der Waals surface area contributed by atoms with Gasteiger partial charge in [0.1, 0.15) is 12.4 Å². The quantitative estimate of drug-likeness (QED) is 0.519. The standard InChI is InChI=1S/C23H31NO3.ClH/c1-4-24(5-2)15-16-27-23(25)21(17-19-9-7-6-8-10-19)18-20-11-13-22(26-3)14-12-20;/h6-14,21H,4-5,15-18H2,1-3H3;1H. The summed E-state index contributed by atoms with van der Waals surface area (Å²) in [5, 5.41) is 0. The lowest BCUT2D eigenvalue weighted by Crippen LogP contribution is -2.30. The van der Waals surface area contributed by atoms with E-state index in [4.69, 9.17) is 9.47 Å². The van der Waals surface area contributed by atoms with Crippen LogP contribution in [0.4, 0.5) is 0 Å². The van der Waals surface area contributed by atoms with E-state index in [-0.39, 0.29) is 24.3 Å². The molecule has 0 spiro atoms. The van der Waals surface area contributed by atoms with Gasteiger partial charge >= 0.3 is 5.97 Å². The minimum Gasteiger partial charge on any atom is -0.497 e. The summed E-state index contributed by atoms with van der Waals surface area (Å²) >= 11 is 0. The van der Waals surface area contributed by atoms with Gasteiger partial charge in [0.25, 0.3) is 0 Å². The van der Waals surface area contributed by atoms with Crippen molar-refractivity contribution >= 4 is 18.4 Å². The van der Waals surface area contributed by atoms with E-state index in [1.54, 1.807) is 7.11 Å². The Labute approximate surface area is 175 Å². The van der Waals surface area contributed by atoms with Crippen LogP contribution in [0, 0.1) is 5.92 Å². The fourth-order valence-electron chi connectivity index (χ4n) is 3.12. The Morgan fingerprint density at radius 2 is 1.50 bits per heavy atom. The predicted octanol–water partition coefficient (Wildman–Crippen LogP) is 4.40. The second kappa shape index (κ2) is 13.2. The lowest BCUT2D eigenvalue weighted by atomic mass is 9.92. The highest BCUT2D eigenvalue weighted by atomic mass is 35.5. The Balaban J connectivity index is 0.00000392. The fourth-order valence-corrected chi connectivity index (χ4v) is 3.12. The van der Waals surface area contributed by atoms with Gasteiger partial charge in [0.15, 0.2) is 0 Å². The van der Waals surface area contributed by atoms with Crippen molar-refractivity contribution in [3.05, 3.63) is 65.7 Å². The molecule has 4 nitrogen and oxygen atoms in total. The molecule has 0 radical (unpaired) electrons.